The minimum Gasteiger partial charge on any atom is -0.510 e. The second-order valence-corrected chi connectivity index (χ2v) is 17.2. The normalized spacial score (nSPS) is 23.5. The molecule has 1 saturated heterocycles. The lowest BCUT2D eigenvalue weighted by molar-refractivity contribution is -0.157. The number of hydrogen-bond donors (Lipinski definition) is 1. The monoisotopic (exact) mass is 760 g/mol. The molecule has 6 atom stereocenters. The fraction of sp³-hybridized carbons (Fsp3) is 0.457. The van der Waals surface area contributed by atoms with Crippen LogP contribution < -0.4 is 10.5 Å². The molecule has 6 unspecified atom stereocenters. The summed E-state index contributed by atoms with van der Waals surface area (Å²) in [7, 11) is 1.05. The van der Waals surface area contributed by atoms with Crippen LogP contribution in [0, 0.1) is 21.7 Å². The van der Waals surface area contributed by atoms with Gasteiger partial charge in [-0.25, -0.2) is 0 Å². The van der Waals surface area contributed by atoms with E-state index in [1.807, 2.05) is 111 Å². The fourth-order valence-electron chi connectivity index (χ4n) is 8.62. The van der Waals surface area contributed by atoms with Gasteiger partial charge in [0, 0.05) is 17.5 Å². The van der Waals surface area contributed by atoms with Crippen molar-refractivity contribution in [2.45, 2.75) is 104 Å². The van der Waals surface area contributed by atoms with Gasteiger partial charge in [0.25, 0.3) is 5.97 Å². The summed E-state index contributed by atoms with van der Waals surface area (Å²) in [6.45, 7) is 12.5. The first-order valence-electron chi connectivity index (χ1n) is 19.6. The average Bonchev–Trinajstić information content (AvgIpc) is 3.80. The topological polar surface area (TPSA) is 123 Å². The summed E-state index contributed by atoms with van der Waals surface area (Å²) in [4.78, 5) is 42.7. The number of esters is 2. The number of nitrogens with two attached hydrogens (primary N) is 1. The van der Waals surface area contributed by atoms with Crippen LogP contribution in [0.1, 0.15) is 97.1 Å². The van der Waals surface area contributed by atoms with Crippen LogP contribution >= 0.6 is 0 Å². The third-order valence-corrected chi connectivity index (χ3v) is 13.0. The third-order valence-electron chi connectivity index (χ3n) is 13.0. The smallest absolute Gasteiger partial charge is 0.510 e. The van der Waals surface area contributed by atoms with Gasteiger partial charge in [0.1, 0.15) is 18.6 Å². The van der Waals surface area contributed by atoms with Crippen molar-refractivity contribution in [3.05, 3.63) is 114 Å². The lowest BCUT2D eigenvalue weighted by atomic mass is 9.57. The lowest BCUT2D eigenvalue weighted by Crippen LogP contribution is -2.60. The second kappa shape index (κ2) is 16.5. The highest BCUT2D eigenvalue weighted by molar-refractivity contribution is 6.22. The Morgan fingerprint density at radius 2 is 1.54 bits per heavy atom. The first-order chi connectivity index (χ1) is 26.6. The zero-order valence-corrected chi connectivity index (χ0v) is 33.5. The summed E-state index contributed by atoms with van der Waals surface area (Å²) in [5.74, 6) is -1.84. The highest BCUT2D eigenvalue weighted by atomic mass is 16.7. The molecule has 1 saturated carbocycles. The minimum absolute atomic E-state index is 0.0356. The van der Waals surface area contributed by atoms with Gasteiger partial charge in [0.2, 0.25) is 0 Å². The van der Waals surface area contributed by atoms with Crippen LogP contribution in [0.4, 0.5) is 0 Å². The molecule has 0 amide bonds. The summed E-state index contributed by atoms with van der Waals surface area (Å²) >= 11 is 0. The van der Waals surface area contributed by atoms with Gasteiger partial charge in [0.05, 0.1) is 16.7 Å². The van der Waals surface area contributed by atoms with E-state index in [0.717, 1.165) is 36.9 Å². The van der Waals surface area contributed by atoms with Crippen molar-refractivity contribution in [1.29, 1.82) is 0 Å². The van der Waals surface area contributed by atoms with Crippen LogP contribution in [0.3, 0.4) is 0 Å². The van der Waals surface area contributed by atoms with E-state index in [1.165, 1.54) is 0 Å². The SMILES string of the molecule is CC(C)(CC(C)(C(=O)Oc1cccc2ccccc12)C(C)(N)CC(C(=O)O[B]OC1CCCCO1)c1ccccc1)C1(C)CC1(C)C(=O)OCc1ccccc1. The summed E-state index contributed by atoms with van der Waals surface area (Å²) in [6.07, 6.45) is 2.98. The number of fused-ring (bicyclic) bond motifs is 1. The standard InChI is InChI=1S/C46H55BNO8/c1-42(2,45(5)31-43(45,3)40(50)53-29-32-18-9-7-10-19-32)30-44(4,41(51)54-37-25-17-23-33-22-13-14-24-35(33)37)46(6,48)28-36(34-20-11-8-12-21-34)39(49)56-47-55-38-26-15-16-27-52-38/h7-14,17-25,36,38H,15-16,26-31,48H2,1-6H3. The van der Waals surface area contributed by atoms with Gasteiger partial charge in [-0.15, -0.1) is 0 Å². The molecule has 2 fully saturated rings. The molecule has 1 aliphatic heterocycles. The molecule has 1 aliphatic carbocycles. The Balaban J connectivity index is 1.30. The van der Waals surface area contributed by atoms with Gasteiger partial charge in [-0.3, -0.25) is 14.4 Å². The van der Waals surface area contributed by atoms with E-state index in [1.54, 1.807) is 13.0 Å². The Bertz CT molecular complexity index is 1990. The molecule has 2 aliphatic rings. The zero-order chi connectivity index (χ0) is 40.2. The van der Waals surface area contributed by atoms with Crippen molar-refractivity contribution in [2.75, 3.05) is 6.61 Å². The zero-order valence-electron chi connectivity index (χ0n) is 33.5. The molecule has 1 radical (unpaired) electrons. The Labute approximate surface area is 331 Å². The molecule has 0 bridgehead atoms. The van der Waals surface area contributed by atoms with Crippen LogP contribution in [0.2, 0.25) is 0 Å². The molecule has 9 nitrogen and oxygen atoms in total. The Kier molecular flexibility index (Phi) is 12.1. The molecular formula is C46H55BNO8. The van der Waals surface area contributed by atoms with Crippen LogP contribution in [0.15, 0.2) is 103 Å². The van der Waals surface area contributed by atoms with E-state index in [9.17, 15) is 14.4 Å². The van der Waals surface area contributed by atoms with E-state index in [0.29, 0.717) is 30.8 Å². The molecule has 0 spiro atoms. The highest BCUT2D eigenvalue weighted by Crippen LogP contribution is 2.74. The maximum absolute atomic E-state index is 15.0. The molecule has 4 aromatic rings. The quantitative estimate of drug-likeness (QED) is 0.0678. The van der Waals surface area contributed by atoms with E-state index in [-0.39, 0.29) is 25.4 Å². The van der Waals surface area contributed by atoms with Crippen LogP contribution in [-0.4, -0.2) is 44.0 Å². The first-order valence-corrected chi connectivity index (χ1v) is 19.6. The number of ether oxygens (including phenoxy) is 3. The summed E-state index contributed by atoms with van der Waals surface area (Å²) in [5, 5.41) is 1.71. The predicted molar refractivity (Wildman–Crippen MR) is 216 cm³/mol. The fourth-order valence-corrected chi connectivity index (χ4v) is 8.62. The summed E-state index contributed by atoms with van der Waals surface area (Å²) in [5.41, 5.74) is 4.27. The van der Waals surface area contributed by atoms with Crippen molar-refractivity contribution < 1.29 is 37.9 Å². The molecule has 2 N–H and O–H groups in total. The van der Waals surface area contributed by atoms with Crippen molar-refractivity contribution in [3.8, 4) is 5.75 Å². The number of hydrogen-bond acceptors (Lipinski definition) is 9. The van der Waals surface area contributed by atoms with Gasteiger partial charge in [0.15, 0.2) is 0 Å². The number of carbonyl (C=O) groups is 3. The first kappa shape index (κ1) is 41.1. The van der Waals surface area contributed by atoms with E-state index in [2.05, 4.69) is 20.8 Å². The van der Waals surface area contributed by atoms with Gasteiger partial charge in [-0.2, -0.15) is 0 Å². The van der Waals surface area contributed by atoms with Gasteiger partial charge in [-0.05, 0) is 92.7 Å². The van der Waals surface area contributed by atoms with Crippen LogP contribution in [0.5, 0.6) is 5.75 Å². The number of carbonyl (C=O) groups excluding carboxylic acids is 3. The van der Waals surface area contributed by atoms with Crippen LogP contribution in [-0.2, 0) is 39.8 Å². The number of benzene rings is 4. The van der Waals surface area contributed by atoms with Crippen molar-refractivity contribution >= 4 is 36.4 Å². The summed E-state index contributed by atoms with van der Waals surface area (Å²) < 4.78 is 29.1. The molecule has 295 valence electrons. The van der Waals surface area contributed by atoms with E-state index < -0.39 is 51.3 Å². The van der Waals surface area contributed by atoms with E-state index in [4.69, 9.17) is 29.3 Å². The minimum atomic E-state index is -1.39. The molecule has 10 heteroatoms. The van der Waals surface area contributed by atoms with Gasteiger partial charge >= 0.3 is 19.6 Å². The van der Waals surface area contributed by atoms with E-state index >= 15 is 0 Å². The predicted octanol–water partition coefficient (Wildman–Crippen LogP) is 8.84. The molecule has 1 heterocycles. The van der Waals surface area contributed by atoms with Gasteiger partial charge in [-0.1, -0.05) is 118 Å². The Hall–Kier alpha value is -4.51. The molecule has 0 aromatic heterocycles. The molecule has 6 rings (SSSR count). The Morgan fingerprint density at radius 1 is 0.875 bits per heavy atom. The van der Waals surface area contributed by atoms with Crippen LogP contribution in [0.25, 0.3) is 10.8 Å². The average molecular weight is 761 g/mol. The van der Waals surface area contributed by atoms with Crippen molar-refractivity contribution in [2.24, 2.45) is 27.4 Å². The molecule has 56 heavy (non-hydrogen) atoms. The largest absolute Gasteiger partial charge is 0.576 e. The maximum Gasteiger partial charge on any atom is 0.576 e. The highest BCUT2D eigenvalue weighted by Gasteiger charge is 2.73. The lowest BCUT2D eigenvalue weighted by Gasteiger charge is -2.49. The Morgan fingerprint density at radius 3 is 2.23 bits per heavy atom. The molecule has 4 aromatic carbocycles. The number of rotatable bonds is 16. The molecular weight excluding hydrogens is 705 g/mol. The van der Waals surface area contributed by atoms with Crippen molar-refractivity contribution in [3.63, 3.8) is 0 Å². The van der Waals surface area contributed by atoms with Gasteiger partial charge < -0.3 is 29.3 Å². The van der Waals surface area contributed by atoms with Crippen molar-refractivity contribution in [1.82, 2.24) is 0 Å². The maximum atomic E-state index is 15.0. The third kappa shape index (κ3) is 8.43. The second-order valence-electron chi connectivity index (χ2n) is 17.2. The summed E-state index contributed by atoms with van der Waals surface area (Å²) in [6, 6.07) is 32.2.